The first-order valence-corrected chi connectivity index (χ1v) is 9.33. The van der Waals surface area contributed by atoms with Gasteiger partial charge in [0.25, 0.3) is 0 Å². The standard InChI is InChI=1S/C20H20F3N5O4/c1-30-15-8-4-14(5-9-15)28-17(26-19(27-28)32-12-20(21,22)23)13-2-6-16(7-3-13)31-11-10-25-18(24)29/h2-9H,10-12H2,1H3,(H3,24,25,29). The number of nitrogens with zero attached hydrogens (tertiary/aromatic N) is 3. The summed E-state index contributed by atoms with van der Waals surface area (Å²) in [7, 11) is 1.52. The summed E-state index contributed by atoms with van der Waals surface area (Å²) in [6.45, 7) is -1.06. The molecular weight excluding hydrogens is 431 g/mol. The number of urea groups is 1. The van der Waals surface area contributed by atoms with Crippen molar-refractivity contribution in [1.82, 2.24) is 20.1 Å². The summed E-state index contributed by atoms with van der Waals surface area (Å²) in [5.74, 6) is 1.40. The minimum atomic E-state index is -4.52. The summed E-state index contributed by atoms with van der Waals surface area (Å²) in [5, 5.41) is 6.48. The number of benzene rings is 2. The van der Waals surface area contributed by atoms with Gasteiger partial charge in [0.2, 0.25) is 0 Å². The predicted octanol–water partition coefficient (Wildman–Crippen LogP) is 2.93. The van der Waals surface area contributed by atoms with Crippen LogP contribution in [-0.2, 0) is 0 Å². The number of alkyl halides is 3. The number of aromatic nitrogens is 3. The molecule has 0 spiro atoms. The van der Waals surface area contributed by atoms with Crippen LogP contribution in [0.15, 0.2) is 48.5 Å². The van der Waals surface area contributed by atoms with Crippen LogP contribution >= 0.6 is 0 Å². The Bertz CT molecular complexity index is 1040. The number of halogens is 3. The molecule has 0 atom stereocenters. The number of primary amides is 1. The van der Waals surface area contributed by atoms with Crippen LogP contribution in [0.25, 0.3) is 17.1 Å². The van der Waals surface area contributed by atoms with E-state index in [1.54, 1.807) is 48.5 Å². The second kappa shape index (κ2) is 9.90. The number of nitrogens with two attached hydrogens (primary N) is 1. The third-order valence-corrected chi connectivity index (χ3v) is 4.05. The van der Waals surface area contributed by atoms with E-state index >= 15 is 0 Å². The van der Waals surface area contributed by atoms with Gasteiger partial charge in [0, 0.05) is 5.56 Å². The van der Waals surface area contributed by atoms with E-state index in [1.807, 2.05) is 0 Å². The zero-order valence-electron chi connectivity index (χ0n) is 16.9. The lowest BCUT2D eigenvalue weighted by Gasteiger charge is -2.09. The molecule has 32 heavy (non-hydrogen) atoms. The van der Waals surface area contributed by atoms with E-state index in [0.29, 0.717) is 22.7 Å². The molecule has 0 aliphatic heterocycles. The van der Waals surface area contributed by atoms with Crippen LogP contribution in [0, 0.1) is 0 Å². The molecule has 0 unspecified atom stereocenters. The highest BCUT2D eigenvalue weighted by Crippen LogP contribution is 2.27. The lowest BCUT2D eigenvalue weighted by atomic mass is 10.2. The van der Waals surface area contributed by atoms with E-state index < -0.39 is 24.8 Å². The van der Waals surface area contributed by atoms with Crippen LogP contribution in [0.1, 0.15) is 0 Å². The van der Waals surface area contributed by atoms with Gasteiger partial charge in [0.1, 0.15) is 18.1 Å². The fourth-order valence-electron chi connectivity index (χ4n) is 2.63. The molecule has 0 bridgehead atoms. The number of amides is 2. The number of rotatable bonds is 9. The highest BCUT2D eigenvalue weighted by Gasteiger charge is 2.29. The number of hydrogen-bond donors (Lipinski definition) is 2. The number of carbonyl (C=O) groups is 1. The lowest BCUT2D eigenvalue weighted by molar-refractivity contribution is -0.154. The highest BCUT2D eigenvalue weighted by atomic mass is 19.4. The van der Waals surface area contributed by atoms with Crippen LogP contribution in [0.4, 0.5) is 18.0 Å². The van der Waals surface area contributed by atoms with Crippen molar-refractivity contribution in [1.29, 1.82) is 0 Å². The van der Waals surface area contributed by atoms with Gasteiger partial charge in [-0.1, -0.05) is 0 Å². The van der Waals surface area contributed by atoms with E-state index in [0.717, 1.165) is 0 Å². The zero-order chi connectivity index (χ0) is 23.1. The van der Waals surface area contributed by atoms with Gasteiger partial charge < -0.3 is 25.3 Å². The first-order chi connectivity index (χ1) is 15.2. The molecular formula is C20H20F3N5O4. The normalized spacial score (nSPS) is 11.1. The van der Waals surface area contributed by atoms with Crippen molar-refractivity contribution in [3.05, 3.63) is 48.5 Å². The molecule has 0 aliphatic rings. The molecule has 0 fully saturated rings. The molecule has 0 saturated heterocycles. The van der Waals surface area contributed by atoms with E-state index in [4.69, 9.17) is 19.9 Å². The van der Waals surface area contributed by atoms with Crippen molar-refractivity contribution in [2.75, 3.05) is 26.9 Å². The third-order valence-electron chi connectivity index (χ3n) is 4.05. The van der Waals surface area contributed by atoms with Gasteiger partial charge >= 0.3 is 18.2 Å². The summed E-state index contributed by atoms with van der Waals surface area (Å²) in [4.78, 5) is 14.8. The van der Waals surface area contributed by atoms with Gasteiger partial charge in [0.15, 0.2) is 12.4 Å². The van der Waals surface area contributed by atoms with Gasteiger partial charge in [-0.15, -0.1) is 5.10 Å². The molecule has 1 heterocycles. The third kappa shape index (κ3) is 6.27. The second-order valence-electron chi connectivity index (χ2n) is 6.40. The van der Waals surface area contributed by atoms with Crippen LogP contribution in [0.2, 0.25) is 0 Å². The Kier molecular flexibility index (Phi) is 7.03. The number of carbonyl (C=O) groups excluding carboxylic acids is 1. The summed E-state index contributed by atoms with van der Waals surface area (Å²) in [6, 6.07) is 12.4. The van der Waals surface area contributed by atoms with Gasteiger partial charge in [-0.05, 0) is 48.5 Å². The van der Waals surface area contributed by atoms with E-state index in [2.05, 4.69) is 15.4 Å². The van der Waals surface area contributed by atoms with Gasteiger partial charge in [-0.2, -0.15) is 18.2 Å². The van der Waals surface area contributed by atoms with E-state index in [9.17, 15) is 18.0 Å². The molecule has 9 nitrogen and oxygen atoms in total. The minimum absolute atomic E-state index is 0.208. The zero-order valence-corrected chi connectivity index (χ0v) is 16.9. The largest absolute Gasteiger partial charge is 0.497 e. The average Bonchev–Trinajstić information content (AvgIpc) is 3.20. The Hall–Kier alpha value is -3.96. The Morgan fingerprint density at radius 1 is 1.06 bits per heavy atom. The molecule has 0 saturated carbocycles. The monoisotopic (exact) mass is 451 g/mol. The summed E-state index contributed by atoms with van der Waals surface area (Å²) < 4.78 is 54.4. The predicted molar refractivity (Wildman–Crippen MR) is 108 cm³/mol. The number of hydrogen-bond acceptors (Lipinski definition) is 6. The molecule has 170 valence electrons. The van der Waals surface area contributed by atoms with Crippen molar-refractivity contribution < 1.29 is 32.2 Å². The maximum absolute atomic E-state index is 12.5. The number of ether oxygens (including phenoxy) is 3. The molecule has 3 aromatic rings. The Balaban J connectivity index is 1.84. The molecule has 12 heteroatoms. The van der Waals surface area contributed by atoms with E-state index in [-0.39, 0.29) is 19.0 Å². The van der Waals surface area contributed by atoms with Crippen LogP contribution in [-0.4, -0.2) is 53.8 Å². The van der Waals surface area contributed by atoms with Crippen molar-refractivity contribution in [2.45, 2.75) is 6.18 Å². The molecule has 1 aromatic heterocycles. The quantitative estimate of drug-likeness (QED) is 0.484. The molecule has 2 aromatic carbocycles. The maximum Gasteiger partial charge on any atom is 0.422 e. The SMILES string of the molecule is COc1ccc(-n2nc(OCC(F)(F)F)nc2-c2ccc(OCCNC(N)=O)cc2)cc1. The van der Waals surface area contributed by atoms with Crippen LogP contribution in [0.3, 0.4) is 0 Å². The smallest absolute Gasteiger partial charge is 0.422 e. The average molecular weight is 451 g/mol. The van der Waals surface area contributed by atoms with Crippen molar-refractivity contribution in [3.8, 4) is 34.6 Å². The van der Waals surface area contributed by atoms with Crippen molar-refractivity contribution in [2.24, 2.45) is 5.73 Å². The Morgan fingerprint density at radius 2 is 1.72 bits per heavy atom. The molecule has 0 aliphatic carbocycles. The number of methoxy groups -OCH3 is 1. The van der Waals surface area contributed by atoms with Crippen molar-refractivity contribution >= 4 is 6.03 Å². The molecule has 0 radical (unpaired) electrons. The van der Waals surface area contributed by atoms with Crippen molar-refractivity contribution in [3.63, 3.8) is 0 Å². The first kappa shape index (κ1) is 22.7. The highest BCUT2D eigenvalue weighted by molar-refractivity contribution is 5.71. The number of nitrogens with one attached hydrogen (secondary N) is 1. The Labute approximate surface area is 180 Å². The lowest BCUT2D eigenvalue weighted by Crippen LogP contribution is -2.32. The van der Waals surface area contributed by atoms with Gasteiger partial charge in [-0.3, -0.25) is 0 Å². The first-order valence-electron chi connectivity index (χ1n) is 9.33. The second-order valence-corrected chi connectivity index (χ2v) is 6.40. The van der Waals surface area contributed by atoms with Gasteiger partial charge in [0.05, 0.1) is 19.3 Å². The van der Waals surface area contributed by atoms with Crippen LogP contribution in [0.5, 0.6) is 17.5 Å². The molecule has 3 N–H and O–H groups in total. The maximum atomic E-state index is 12.5. The topological polar surface area (TPSA) is 114 Å². The Morgan fingerprint density at radius 3 is 2.31 bits per heavy atom. The summed E-state index contributed by atoms with van der Waals surface area (Å²) >= 11 is 0. The summed E-state index contributed by atoms with van der Waals surface area (Å²) in [6.07, 6.45) is -4.52. The van der Waals surface area contributed by atoms with Gasteiger partial charge in [-0.25, -0.2) is 9.48 Å². The molecule has 3 rings (SSSR count). The summed E-state index contributed by atoms with van der Waals surface area (Å²) in [5.41, 5.74) is 6.10. The minimum Gasteiger partial charge on any atom is -0.497 e. The molecule has 2 amide bonds. The van der Waals surface area contributed by atoms with E-state index in [1.165, 1.54) is 11.8 Å². The van der Waals surface area contributed by atoms with Crippen LogP contribution < -0.4 is 25.3 Å². The fourth-order valence-corrected chi connectivity index (χ4v) is 2.63. The fraction of sp³-hybridized carbons (Fsp3) is 0.250.